The summed E-state index contributed by atoms with van der Waals surface area (Å²) in [7, 11) is 1.95. The molecule has 1 aliphatic carbocycles. The van der Waals surface area contributed by atoms with Crippen LogP contribution in [0.5, 0.6) is 5.75 Å². The molecule has 88 valence electrons. The van der Waals surface area contributed by atoms with Gasteiger partial charge in [-0.05, 0) is 44.9 Å². The maximum absolute atomic E-state index is 10.5. The summed E-state index contributed by atoms with van der Waals surface area (Å²) < 4.78 is 0. The van der Waals surface area contributed by atoms with Crippen molar-refractivity contribution >= 4 is 0 Å². The Balaban J connectivity index is 2.11. The SMILES string of the molecule is CNC1CCC(O)(c2ccc(O)cn2)CC1. The Morgan fingerprint density at radius 1 is 1.38 bits per heavy atom. The molecule has 0 atom stereocenters. The van der Waals surface area contributed by atoms with E-state index in [0.717, 1.165) is 25.7 Å². The average molecular weight is 222 g/mol. The minimum atomic E-state index is -0.818. The Labute approximate surface area is 95.3 Å². The molecule has 1 aliphatic rings. The van der Waals surface area contributed by atoms with Gasteiger partial charge in [-0.1, -0.05) is 0 Å². The van der Waals surface area contributed by atoms with Crippen molar-refractivity contribution in [3.05, 3.63) is 24.0 Å². The minimum Gasteiger partial charge on any atom is -0.506 e. The monoisotopic (exact) mass is 222 g/mol. The van der Waals surface area contributed by atoms with E-state index in [4.69, 9.17) is 5.11 Å². The lowest BCUT2D eigenvalue weighted by molar-refractivity contribution is -0.0115. The Morgan fingerprint density at radius 2 is 2.06 bits per heavy atom. The fraction of sp³-hybridized carbons (Fsp3) is 0.583. The van der Waals surface area contributed by atoms with E-state index in [9.17, 15) is 5.11 Å². The second kappa shape index (κ2) is 4.39. The zero-order valence-corrected chi connectivity index (χ0v) is 9.48. The molecular weight excluding hydrogens is 204 g/mol. The largest absolute Gasteiger partial charge is 0.506 e. The number of aromatic hydroxyl groups is 1. The summed E-state index contributed by atoms with van der Waals surface area (Å²) in [6, 6.07) is 3.77. The number of nitrogens with one attached hydrogen (secondary N) is 1. The van der Waals surface area contributed by atoms with E-state index in [-0.39, 0.29) is 5.75 Å². The topological polar surface area (TPSA) is 65.4 Å². The maximum atomic E-state index is 10.5. The van der Waals surface area contributed by atoms with Gasteiger partial charge in [0.05, 0.1) is 11.9 Å². The molecular formula is C12H18N2O2. The molecule has 0 aromatic carbocycles. The maximum Gasteiger partial charge on any atom is 0.133 e. The van der Waals surface area contributed by atoms with Crippen LogP contribution in [0.15, 0.2) is 18.3 Å². The van der Waals surface area contributed by atoms with Gasteiger partial charge >= 0.3 is 0 Å². The van der Waals surface area contributed by atoms with Gasteiger partial charge in [0.25, 0.3) is 0 Å². The standard InChI is InChI=1S/C12H18N2O2/c1-13-9-4-6-12(16,7-5-9)11-3-2-10(15)8-14-11/h2-3,8-9,13,15-16H,4-7H2,1H3. The quantitative estimate of drug-likeness (QED) is 0.702. The zero-order chi connectivity index (χ0) is 11.6. The van der Waals surface area contributed by atoms with Gasteiger partial charge in [0.2, 0.25) is 0 Å². The number of aliphatic hydroxyl groups is 1. The lowest BCUT2D eigenvalue weighted by Gasteiger charge is -2.35. The molecule has 1 aromatic heterocycles. The fourth-order valence-electron chi connectivity index (χ4n) is 2.30. The highest BCUT2D eigenvalue weighted by Gasteiger charge is 2.35. The summed E-state index contributed by atoms with van der Waals surface area (Å²) in [5.74, 6) is 0.135. The van der Waals surface area contributed by atoms with Crippen LogP contribution < -0.4 is 5.32 Å². The highest BCUT2D eigenvalue weighted by molar-refractivity contribution is 5.22. The molecule has 0 saturated heterocycles. The molecule has 1 fully saturated rings. The second-order valence-electron chi connectivity index (χ2n) is 4.50. The van der Waals surface area contributed by atoms with E-state index in [1.165, 1.54) is 6.20 Å². The summed E-state index contributed by atoms with van der Waals surface area (Å²) in [6.07, 6.45) is 4.73. The van der Waals surface area contributed by atoms with Gasteiger partial charge in [-0.3, -0.25) is 4.98 Å². The third-order valence-corrected chi connectivity index (χ3v) is 3.45. The molecule has 1 heterocycles. The minimum absolute atomic E-state index is 0.135. The molecule has 0 amide bonds. The number of pyridine rings is 1. The van der Waals surface area contributed by atoms with E-state index in [0.29, 0.717) is 11.7 Å². The van der Waals surface area contributed by atoms with E-state index >= 15 is 0 Å². The van der Waals surface area contributed by atoms with E-state index in [2.05, 4.69) is 10.3 Å². The number of nitrogens with zero attached hydrogens (tertiary/aromatic N) is 1. The summed E-state index contributed by atoms with van der Waals surface area (Å²) in [6.45, 7) is 0. The first-order valence-electron chi connectivity index (χ1n) is 5.69. The highest BCUT2D eigenvalue weighted by atomic mass is 16.3. The molecule has 16 heavy (non-hydrogen) atoms. The molecule has 0 radical (unpaired) electrons. The predicted molar refractivity (Wildman–Crippen MR) is 61.1 cm³/mol. The van der Waals surface area contributed by atoms with Crippen molar-refractivity contribution in [3.63, 3.8) is 0 Å². The lowest BCUT2D eigenvalue weighted by Crippen LogP contribution is -2.38. The van der Waals surface area contributed by atoms with Crippen molar-refractivity contribution in [1.29, 1.82) is 0 Å². The van der Waals surface area contributed by atoms with Gasteiger partial charge < -0.3 is 15.5 Å². The van der Waals surface area contributed by atoms with Crippen LogP contribution in [0.25, 0.3) is 0 Å². The third kappa shape index (κ3) is 2.18. The molecule has 1 saturated carbocycles. The van der Waals surface area contributed by atoms with Crippen LogP contribution >= 0.6 is 0 Å². The average Bonchev–Trinajstić information content (AvgIpc) is 2.31. The van der Waals surface area contributed by atoms with Crippen LogP contribution in [-0.2, 0) is 5.60 Å². The van der Waals surface area contributed by atoms with Gasteiger partial charge in [0.1, 0.15) is 11.4 Å². The van der Waals surface area contributed by atoms with Crippen molar-refractivity contribution in [1.82, 2.24) is 10.3 Å². The van der Waals surface area contributed by atoms with Gasteiger partial charge in [-0.15, -0.1) is 0 Å². The third-order valence-electron chi connectivity index (χ3n) is 3.45. The number of rotatable bonds is 2. The van der Waals surface area contributed by atoms with Gasteiger partial charge in [-0.2, -0.15) is 0 Å². The molecule has 0 unspecified atom stereocenters. The molecule has 0 bridgehead atoms. The van der Waals surface area contributed by atoms with Crippen molar-refractivity contribution in [2.75, 3.05) is 7.05 Å². The molecule has 4 nitrogen and oxygen atoms in total. The number of hydrogen-bond donors (Lipinski definition) is 3. The van der Waals surface area contributed by atoms with Crippen LogP contribution in [0.2, 0.25) is 0 Å². The Kier molecular flexibility index (Phi) is 3.12. The molecule has 4 heteroatoms. The Morgan fingerprint density at radius 3 is 2.56 bits per heavy atom. The van der Waals surface area contributed by atoms with Crippen LogP contribution in [0, 0.1) is 0 Å². The van der Waals surface area contributed by atoms with Crippen LogP contribution in [0.1, 0.15) is 31.4 Å². The zero-order valence-electron chi connectivity index (χ0n) is 9.48. The first kappa shape index (κ1) is 11.4. The van der Waals surface area contributed by atoms with E-state index in [1.807, 2.05) is 7.05 Å². The molecule has 3 N–H and O–H groups in total. The first-order chi connectivity index (χ1) is 7.64. The number of hydrogen-bond acceptors (Lipinski definition) is 4. The number of aromatic nitrogens is 1. The van der Waals surface area contributed by atoms with Crippen LogP contribution in [0.3, 0.4) is 0 Å². The Bertz CT molecular complexity index is 343. The van der Waals surface area contributed by atoms with Crippen LogP contribution in [0.4, 0.5) is 0 Å². The van der Waals surface area contributed by atoms with E-state index < -0.39 is 5.60 Å². The summed E-state index contributed by atoms with van der Waals surface area (Å²) in [4.78, 5) is 4.10. The summed E-state index contributed by atoms with van der Waals surface area (Å²) in [5, 5.41) is 22.9. The fourth-order valence-corrected chi connectivity index (χ4v) is 2.30. The molecule has 0 spiro atoms. The van der Waals surface area contributed by atoms with Crippen molar-refractivity contribution < 1.29 is 10.2 Å². The van der Waals surface area contributed by atoms with Crippen molar-refractivity contribution in [3.8, 4) is 5.75 Å². The van der Waals surface area contributed by atoms with Crippen LogP contribution in [-0.4, -0.2) is 28.3 Å². The molecule has 1 aromatic rings. The lowest BCUT2D eigenvalue weighted by atomic mass is 9.80. The molecule has 2 rings (SSSR count). The molecule has 0 aliphatic heterocycles. The van der Waals surface area contributed by atoms with Gasteiger partial charge in [0, 0.05) is 6.04 Å². The van der Waals surface area contributed by atoms with Gasteiger partial charge in [0.15, 0.2) is 0 Å². The summed E-state index contributed by atoms with van der Waals surface area (Å²) in [5.41, 5.74) is -0.152. The van der Waals surface area contributed by atoms with Crippen molar-refractivity contribution in [2.24, 2.45) is 0 Å². The first-order valence-corrected chi connectivity index (χ1v) is 5.69. The van der Waals surface area contributed by atoms with Crippen molar-refractivity contribution in [2.45, 2.75) is 37.3 Å². The smallest absolute Gasteiger partial charge is 0.133 e. The highest BCUT2D eigenvalue weighted by Crippen LogP contribution is 2.36. The normalized spacial score (nSPS) is 30.2. The predicted octanol–water partition coefficient (Wildman–Crippen LogP) is 1.14. The van der Waals surface area contributed by atoms with E-state index in [1.54, 1.807) is 12.1 Å². The summed E-state index contributed by atoms with van der Waals surface area (Å²) >= 11 is 0. The Hall–Kier alpha value is -1.13. The van der Waals surface area contributed by atoms with Gasteiger partial charge in [-0.25, -0.2) is 0 Å². The second-order valence-corrected chi connectivity index (χ2v) is 4.50.